The Morgan fingerprint density at radius 1 is 1.32 bits per heavy atom. The van der Waals surface area contributed by atoms with Crippen molar-refractivity contribution in [3.63, 3.8) is 0 Å². The van der Waals surface area contributed by atoms with Gasteiger partial charge in [-0.1, -0.05) is 41.6 Å². The number of amides is 1. The summed E-state index contributed by atoms with van der Waals surface area (Å²) in [7, 11) is 0. The lowest BCUT2D eigenvalue weighted by Gasteiger charge is -2.06. The van der Waals surface area contributed by atoms with E-state index in [1.165, 1.54) is 0 Å². The average molecular weight is 349 g/mol. The SMILES string of the molecule is CSc1nc2ccc(NC(=O)Cc3ccccc3Cl)cc2s1. The van der Waals surface area contributed by atoms with Crippen LogP contribution < -0.4 is 5.32 Å². The highest BCUT2D eigenvalue weighted by Crippen LogP contribution is 2.30. The molecule has 1 aromatic heterocycles. The van der Waals surface area contributed by atoms with Crippen molar-refractivity contribution < 1.29 is 4.79 Å². The molecule has 3 aromatic rings. The molecule has 0 unspecified atom stereocenters. The van der Waals surface area contributed by atoms with Crippen LogP contribution in [0.4, 0.5) is 5.69 Å². The maximum Gasteiger partial charge on any atom is 0.228 e. The Hall–Kier alpha value is -1.56. The summed E-state index contributed by atoms with van der Waals surface area (Å²) in [5, 5.41) is 3.52. The second-order valence-corrected chi connectivity index (χ2v) is 7.17. The largest absolute Gasteiger partial charge is 0.326 e. The van der Waals surface area contributed by atoms with Crippen molar-refractivity contribution in [1.82, 2.24) is 4.98 Å². The van der Waals surface area contributed by atoms with Gasteiger partial charge in [0.05, 0.1) is 16.6 Å². The molecular weight excluding hydrogens is 336 g/mol. The molecule has 112 valence electrons. The lowest BCUT2D eigenvalue weighted by molar-refractivity contribution is -0.115. The molecule has 0 radical (unpaired) electrons. The van der Waals surface area contributed by atoms with E-state index in [1.54, 1.807) is 29.2 Å². The summed E-state index contributed by atoms with van der Waals surface area (Å²) >= 11 is 9.33. The normalized spacial score (nSPS) is 10.8. The monoisotopic (exact) mass is 348 g/mol. The summed E-state index contributed by atoms with van der Waals surface area (Å²) in [4.78, 5) is 16.6. The van der Waals surface area contributed by atoms with Gasteiger partial charge in [-0.25, -0.2) is 4.98 Å². The van der Waals surface area contributed by atoms with Crippen molar-refractivity contribution in [3.8, 4) is 0 Å². The average Bonchev–Trinajstić information content (AvgIpc) is 2.92. The fourth-order valence-electron chi connectivity index (χ4n) is 2.09. The van der Waals surface area contributed by atoms with Crippen LogP contribution in [-0.4, -0.2) is 17.1 Å². The van der Waals surface area contributed by atoms with Gasteiger partial charge in [0.25, 0.3) is 0 Å². The molecule has 1 heterocycles. The smallest absolute Gasteiger partial charge is 0.228 e. The van der Waals surface area contributed by atoms with Crippen molar-refractivity contribution in [1.29, 1.82) is 0 Å². The fourth-order valence-corrected chi connectivity index (χ4v) is 3.82. The first-order valence-corrected chi connectivity index (χ1v) is 9.05. The first-order valence-electron chi connectivity index (χ1n) is 6.63. The van der Waals surface area contributed by atoms with Gasteiger partial charge in [-0.05, 0) is 36.1 Å². The third-order valence-corrected chi connectivity index (χ3v) is 5.51. The van der Waals surface area contributed by atoms with Crippen LogP contribution in [0.25, 0.3) is 10.2 Å². The number of carbonyl (C=O) groups is 1. The molecule has 0 fully saturated rings. The number of aromatic nitrogens is 1. The van der Waals surface area contributed by atoms with E-state index in [0.717, 1.165) is 25.8 Å². The van der Waals surface area contributed by atoms with E-state index in [0.29, 0.717) is 5.02 Å². The molecule has 3 nitrogen and oxygen atoms in total. The first kappa shape index (κ1) is 15.3. The number of nitrogens with zero attached hydrogens (tertiary/aromatic N) is 1. The summed E-state index contributed by atoms with van der Waals surface area (Å²) < 4.78 is 2.09. The molecule has 1 amide bonds. The van der Waals surface area contributed by atoms with Gasteiger partial charge in [-0.2, -0.15) is 0 Å². The molecule has 6 heteroatoms. The lowest BCUT2D eigenvalue weighted by atomic mass is 10.1. The maximum atomic E-state index is 12.1. The Bertz CT molecular complexity index is 832. The van der Waals surface area contributed by atoms with Gasteiger partial charge < -0.3 is 5.32 Å². The van der Waals surface area contributed by atoms with Crippen LogP contribution in [0.3, 0.4) is 0 Å². The van der Waals surface area contributed by atoms with Crippen molar-refractivity contribution >= 4 is 56.5 Å². The number of thiazole rings is 1. The number of hydrogen-bond donors (Lipinski definition) is 1. The molecule has 3 rings (SSSR count). The van der Waals surface area contributed by atoms with Gasteiger partial charge in [0.1, 0.15) is 0 Å². The lowest BCUT2D eigenvalue weighted by Crippen LogP contribution is -2.14. The van der Waals surface area contributed by atoms with Crippen LogP contribution in [-0.2, 0) is 11.2 Å². The Balaban J connectivity index is 1.75. The van der Waals surface area contributed by atoms with Crippen LogP contribution in [0.15, 0.2) is 46.8 Å². The van der Waals surface area contributed by atoms with Crippen molar-refractivity contribution in [2.75, 3.05) is 11.6 Å². The van der Waals surface area contributed by atoms with E-state index in [2.05, 4.69) is 10.3 Å². The first-order chi connectivity index (χ1) is 10.7. The molecule has 0 saturated heterocycles. The maximum absolute atomic E-state index is 12.1. The van der Waals surface area contributed by atoms with Crippen LogP contribution in [0.2, 0.25) is 5.02 Å². The topological polar surface area (TPSA) is 42.0 Å². The van der Waals surface area contributed by atoms with Crippen molar-refractivity contribution in [2.45, 2.75) is 10.8 Å². The summed E-state index contributed by atoms with van der Waals surface area (Å²) in [5.41, 5.74) is 2.56. The summed E-state index contributed by atoms with van der Waals surface area (Å²) in [6.45, 7) is 0. The van der Waals surface area contributed by atoms with E-state index < -0.39 is 0 Å². The Kier molecular flexibility index (Phi) is 4.66. The van der Waals surface area contributed by atoms with Crippen molar-refractivity contribution in [2.24, 2.45) is 0 Å². The zero-order valence-electron chi connectivity index (χ0n) is 11.8. The molecule has 0 bridgehead atoms. The van der Waals surface area contributed by atoms with E-state index in [1.807, 2.05) is 42.7 Å². The van der Waals surface area contributed by atoms with Crippen LogP contribution >= 0.6 is 34.7 Å². The van der Waals surface area contributed by atoms with Gasteiger partial charge in [-0.3, -0.25) is 4.79 Å². The van der Waals surface area contributed by atoms with E-state index in [-0.39, 0.29) is 12.3 Å². The van der Waals surface area contributed by atoms with E-state index in [9.17, 15) is 4.79 Å². The Morgan fingerprint density at radius 3 is 2.91 bits per heavy atom. The molecule has 0 aliphatic rings. The standard InChI is InChI=1S/C16H13ClN2OS2/c1-21-16-19-13-7-6-11(9-14(13)22-16)18-15(20)8-10-4-2-3-5-12(10)17/h2-7,9H,8H2,1H3,(H,18,20). The number of nitrogens with one attached hydrogen (secondary N) is 1. The molecule has 22 heavy (non-hydrogen) atoms. The van der Waals surface area contributed by atoms with Crippen LogP contribution in [0.1, 0.15) is 5.56 Å². The molecule has 0 spiro atoms. The Labute approximate surface area is 141 Å². The summed E-state index contributed by atoms with van der Waals surface area (Å²) in [5.74, 6) is -0.0814. The third-order valence-electron chi connectivity index (χ3n) is 3.14. The molecule has 0 aliphatic heterocycles. The number of thioether (sulfide) groups is 1. The zero-order chi connectivity index (χ0) is 15.5. The summed E-state index contributed by atoms with van der Waals surface area (Å²) in [6, 6.07) is 13.1. The number of rotatable bonds is 4. The molecule has 0 aliphatic carbocycles. The van der Waals surface area contributed by atoms with Crippen molar-refractivity contribution in [3.05, 3.63) is 53.1 Å². The van der Waals surface area contributed by atoms with Gasteiger partial charge in [0, 0.05) is 10.7 Å². The van der Waals surface area contributed by atoms with Gasteiger partial charge in [0.15, 0.2) is 4.34 Å². The molecule has 2 aromatic carbocycles. The Morgan fingerprint density at radius 2 is 2.14 bits per heavy atom. The highest BCUT2D eigenvalue weighted by atomic mass is 35.5. The quantitative estimate of drug-likeness (QED) is 0.685. The number of halogens is 1. The minimum Gasteiger partial charge on any atom is -0.326 e. The predicted octanol–water partition coefficient (Wildman–Crippen LogP) is 4.85. The zero-order valence-corrected chi connectivity index (χ0v) is 14.2. The second-order valence-electron chi connectivity index (χ2n) is 4.68. The number of fused-ring (bicyclic) bond motifs is 1. The van der Waals surface area contributed by atoms with E-state index in [4.69, 9.17) is 11.6 Å². The molecule has 0 atom stereocenters. The van der Waals surface area contributed by atoms with Gasteiger partial charge in [0.2, 0.25) is 5.91 Å². The number of benzene rings is 2. The highest BCUT2D eigenvalue weighted by molar-refractivity contribution is 8.00. The number of carbonyl (C=O) groups excluding carboxylic acids is 1. The van der Waals surface area contributed by atoms with E-state index >= 15 is 0 Å². The minimum atomic E-state index is -0.0814. The predicted molar refractivity (Wildman–Crippen MR) is 95.2 cm³/mol. The number of hydrogen-bond acceptors (Lipinski definition) is 4. The second kappa shape index (κ2) is 6.69. The highest BCUT2D eigenvalue weighted by Gasteiger charge is 2.09. The summed E-state index contributed by atoms with van der Waals surface area (Å²) in [6.07, 6.45) is 2.26. The number of anilines is 1. The minimum absolute atomic E-state index is 0.0814. The van der Waals surface area contributed by atoms with Gasteiger partial charge >= 0.3 is 0 Å². The fraction of sp³-hybridized carbons (Fsp3) is 0.125. The third kappa shape index (κ3) is 3.43. The molecule has 1 N–H and O–H groups in total. The van der Waals surface area contributed by atoms with Gasteiger partial charge in [-0.15, -0.1) is 11.3 Å². The van der Waals surface area contributed by atoms with Crippen LogP contribution in [0, 0.1) is 0 Å². The molecule has 0 saturated carbocycles. The molecular formula is C16H13ClN2OS2. The van der Waals surface area contributed by atoms with Crippen LogP contribution in [0.5, 0.6) is 0 Å².